The van der Waals surface area contributed by atoms with Crippen molar-refractivity contribution in [3.63, 3.8) is 0 Å². The van der Waals surface area contributed by atoms with Crippen molar-refractivity contribution in [1.82, 2.24) is 20.0 Å². The van der Waals surface area contributed by atoms with Crippen LogP contribution in [-0.2, 0) is 9.53 Å². The highest BCUT2D eigenvalue weighted by Crippen LogP contribution is 2.34. The number of hydrogen-bond donors (Lipinski definition) is 1. The number of thiophene rings is 1. The Bertz CT molecular complexity index is 1430. The molecule has 1 atom stereocenters. The lowest BCUT2D eigenvalue weighted by molar-refractivity contribution is -0.139. The third kappa shape index (κ3) is 6.66. The van der Waals surface area contributed by atoms with E-state index in [2.05, 4.69) is 10.2 Å². The molecule has 2 aliphatic rings. The van der Waals surface area contributed by atoms with Crippen molar-refractivity contribution in [2.75, 3.05) is 45.9 Å². The summed E-state index contributed by atoms with van der Waals surface area (Å²) < 4.78 is 11.6. The van der Waals surface area contributed by atoms with Crippen molar-refractivity contribution in [2.45, 2.75) is 26.3 Å². The van der Waals surface area contributed by atoms with Crippen LogP contribution in [0.2, 0.25) is 0 Å². The van der Waals surface area contributed by atoms with Gasteiger partial charge in [0.05, 0.1) is 23.1 Å². The van der Waals surface area contributed by atoms with E-state index >= 15 is 0 Å². The van der Waals surface area contributed by atoms with Crippen LogP contribution >= 0.6 is 11.3 Å². The zero-order valence-electron chi connectivity index (χ0n) is 24.0. The predicted octanol–water partition coefficient (Wildman–Crippen LogP) is 5.29. The average molecular weight is 589 g/mol. The van der Waals surface area contributed by atoms with Gasteiger partial charge < -0.3 is 19.7 Å². The second-order valence-electron chi connectivity index (χ2n) is 10.1. The van der Waals surface area contributed by atoms with Gasteiger partial charge in [0.25, 0.3) is 5.91 Å². The van der Waals surface area contributed by atoms with Gasteiger partial charge in [0.2, 0.25) is 0 Å². The first-order valence-corrected chi connectivity index (χ1v) is 15.2. The van der Waals surface area contributed by atoms with Gasteiger partial charge >= 0.3 is 12.0 Å². The number of esters is 1. The quantitative estimate of drug-likeness (QED) is 0.342. The minimum Gasteiger partial charge on any atom is -0.463 e. The van der Waals surface area contributed by atoms with E-state index in [-0.39, 0.29) is 18.5 Å². The number of hydrogen-bond acceptors (Lipinski definition) is 7. The van der Waals surface area contributed by atoms with Gasteiger partial charge in [-0.2, -0.15) is 0 Å². The lowest BCUT2D eigenvalue weighted by Crippen LogP contribution is -2.51. The van der Waals surface area contributed by atoms with Gasteiger partial charge in [-0.1, -0.05) is 36.4 Å². The maximum Gasteiger partial charge on any atom is 0.338 e. The Morgan fingerprint density at radius 3 is 2.50 bits per heavy atom. The molecule has 5 rings (SSSR count). The summed E-state index contributed by atoms with van der Waals surface area (Å²) in [4.78, 5) is 46.4. The van der Waals surface area contributed by atoms with E-state index in [1.165, 1.54) is 11.3 Å². The Morgan fingerprint density at radius 2 is 1.76 bits per heavy atom. The summed E-state index contributed by atoms with van der Waals surface area (Å²) in [6.07, 6.45) is 0.791. The Balaban J connectivity index is 1.44. The molecule has 3 aromatic rings. The molecule has 1 saturated heterocycles. The number of rotatable bonds is 9. The Hall–Kier alpha value is -4.15. The van der Waals surface area contributed by atoms with Gasteiger partial charge in [-0.15, -0.1) is 11.3 Å². The van der Waals surface area contributed by atoms with Crippen LogP contribution in [0.15, 0.2) is 83.4 Å². The molecular formula is C32H36N4O5S. The first-order valence-electron chi connectivity index (χ1n) is 14.3. The second kappa shape index (κ2) is 13.7. The molecule has 42 heavy (non-hydrogen) atoms. The SMILES string of the molecule is CCOC(=O)C1=C(CN2CCCN(C(=O)c3cccs3)CC2)N(CC)C(=O)NC1c1cccc(Oc2ccccc2)c1. The van der Waals surface area contributed by atoms with Crippen LogP contribution in [0.4, 0.5) is 4.79 Å². The minimum atomic E-state index is -0.711. The first-order chi connectivity index (χ1) is 20.5. The fourth-order valence-corrected chi connectivity index (χ4v) is 6.08. The molecule has 2 aliphatic heterocycles. The molecule has 0 spiro atoms. The van der Waals surface area contributed by atoms with E-state index < -0.39 is 12.0 Å². The van der Waals surface area contributed by atoms with Crippen LogP contribution in [0.1, 0.15) is 41.5 Å². The molecule has 0 radical (unpaired) electrons. The van der Waals surface area contributed by atoms with Crippen molar-refractivity contribution in [1.29, 1.82) is 0 Å². The topological polar surface area (TPSA) is 91.4 Å². The van der Waals surface area contributed by atoms with E-state index in [0.717, 1.165) is 23.4 Å². The van der Waals surface area contributed by atoms with E-state index in [0.29, 0.717) is 55.5 Å². The van der Waals surface area contributed by atoms with Gasteiger partial charge in [-0.3, -0.25) is 14.6 Å². The summed E-state index contributed by atoms with van der Waals surface area (Å²) in [5, 5.41) is 4.94. The van der Waals surface area contributed by atoms with Crippen LogP contribution < -0.4 is 10.1 Å². The fourth-order valence-electron chi connectivity index (χ4n) is 5.39. The lowest BCUT2D eigenvalue weighted by Gasteiger charge is -2.38. The molecule has 10 heteroatoms. The number of carbonyl (C=O) groups excluding carboxylic acids is 3. The highest BCUT2D eigenvalue weighted by Gasteiger charge is 2.38. The number of carbonyl (C=O) groups is 3. The van der Waals surface area contributed by atoms with Crippen LogP contribution in [0.3, 0.4) is 0 Å². The number of nitrogens with one attached hydrogen (secondary N) is 1. The Labute approximate surface area is 250 Å². The van der Waals surface area contributed by atoms with Gasteiger partial charge in [0, 0.05) is 45.0 Å². The summed E-state index contributed by atoms with van der Waals surface area (Å²) >= 11 is 1.45. The summed E-state index contributed by atoms with van der Waals surface area (Å²) in [6, 6.07) is 19.6. The van der Waals surface area contributed by atoms with E-state index in [4.69, 9.17) is 9.47 Å². The van der Waals surface area contributed by atoms with Crippen LogP contribution in [-0.4, -0.2) is 78.5 Å². The lowest BCUT2D eigenvalue weighted by atomic mass is 9.94. The Kier molecular flexibility index (Phi) is 9.55. The average Bonchev–Trinajstić information content (AvgIpc) is 3.44. The molecule has 0 bridgehead atoms. The zero-order valence-corrected chi connectivity index (χ0v) is 24.8. The van der Waals surface area contributed by atoms with Crippen molar-refractivity contribution < 1.29 is 23.9 Å². The minimum absolute atomic E-state index is 0.0446. The summed E-state index contributed by atoms with van der Waals surface area (Å²) in [5.74, 6) is 0.866. The number of likely N-dealkylation sites (N-methyl/N-ethyl adjacent to an activating group) is 1. The first kappa shape index (κ1) is 29.3. The van der Waals surface area contributed by atoms with Crippen molar-refractivity contribution >= 4 is 29.2 Å². The molecule has 1 N–H and O–H groups in total. The van der Waals surface area contributed by atoms with Crippen molar-refractivity contribution in [3.05, 3.63) is 93.8 Å². The second-order valence-corrected chi connectivity index (χ2v) is 11.0. The molecular weight excluding hydrogens is 552 g/mol. The number of urea groups is 1. The third-order valence-corrected chi connectivity index (χ3v) is 8.26. The van der Waals surface area contributed by atoms with Crippen LogP contribution in [0, 0.1) is 0 Å². The Morgan fingerprint density at radius 1 is 0.952 bits per heavy atom. The van der Waals surface area contributed by atoms with Crippen molar-refractivity contribution in [3.8, 4) is 11.5 Å². The number of para-hydroxylation sites is 1. The number of ether oxygens (including phenoxy) is 2. The van der Waals surface area contributed by atoms with Gasteiger partial charge in [0.15, 0.2) is 0 Å². The largest absolute Gasteiger partial charge is 0.463 e. The maximum atomic E-state index is 13.6. The maximum absolute atomic E-state index is 13.6. The molecule has 0 aliphatic carbocycles. The standard InChI is InChI=1S/C32H36N4O5S/c1-3-36-26(22-34-16-10-17-35(19-18-34)30(37)27-15-9-20-42-27)28(31(38)40-4-2)29(33-32(36)39)23-11-8-14-25(21-23)41-24-12-6-5-7-13-24/h5-9,11-15,20-21,29H,3-4,10,16-19,22H2,1-2H3,(H,33,39). The molecule has 2 aromatic carbocycles. The van der Waals surface area contributed by atoms with Crippen molar-refractivity contribution in [2.24, 2.45) is 0 Å². The van der Waals surface area contributed by atoms with Gasteiger partial charge in [0.1, 0.15) is 11.5 Å². The molecule has 1 aromatic heterocycles. The molecule has 220 valence electrons. The monoisotopic (exact) mass is 588 g/mol. The van der Waals surface area contributed by atoms with E-state index in [1.807, 2.05) is 83.9 Å². The highest BCUT2D eigenvalue weighted by atomic mass is 32.1. The highest BCUT2D eigenvalue weighted by molar-refractivity contribution is 7.12. The summed E-state index contributed by atoms with van der Waals surface area (Å²) in [5.41, 5.74) is 1.75. The third-order valence-electron chi connectivity index (χ3n) is 7.40. The molecule has 1 unspecified atom stereocenters. The zero-order chi connectivity index (χ0) is 29.5. The normalized spacial score (nSPS) is 18.0. The molecule has 3 heterocycles. The van der Waals surface area contributed by atoms with Gasteiger partial charge in [-0.25, -0.2) is 9.59 Å². The molecule has 3 amide bonds. The van der Waals surface area contributed by atoms with E-state index in [9.17, 15) is 14.4 Å². The smallest absolute Gasteiger partial charge is 0.338 e. The number of benzene rings is 2. The molecule has 0 saturated carbocycles. The van der Waals surface area contributed by atoms with E-state index in [1.54, 1.807) is 11.8 Å². The van der Waals surface area contributed by atoms with Crippen LogP contribution in [0.25, 0.3) is 0 Å². The fraction of sp³-hybridized carbons (Fsp3) is 0.344. The summed E-state index contributed by atoms with van der Waals surface area (Å²) in [7, 11) is 0. The predicted molar refractivity (Wildman–Crippen MR) is 162 cm³/mol. The molecule has 1 fully saturated rings. The number of amides is 3. The van der Waals surface area contributed by atoms with Crippen LogP contribution in [0.5, 0.6) is 11.5 Å². The number of nitrogens with zero attached hydrogens (tertiary/aromatic N) is 3. The van der Waals surface area contributed by atoms with Gasteiger partial charge in [-0.05, 0) is 61.5 Å². The molecule has 9 nitrogen and oxygen atoms in total. The summed E-state index contributed by atoms with van der Waals surface area (Å²) in [6.45, 7) is 7.24.